The van der Waals surface area contributed by atoms with Gasteiger partial charge in [0.05, 0.1) is 26.3 Å². The van der Waals surface area contributed by atoms with Gasteiger partial charge in [0.1, 0.15) is 33.5 Å². The smallest absolute Gasteiger partial charge is 0.304 e. The van der Waals surface area contributed by atoms with E-state index in [2.05, 4.69) is 15.3 Å². The second-order valence-electron chi connectivity index (χ2n) is 9.69. The Labute approximate surface area is 226 Å². The molecule has 3 heterocycles. The monoisotopic (exact) mass is 551 g/mol. The van der Waals surface area contributed by atoms with Gasteiger partial charge in [-0.2, -0.15) is 4.31 Å². The molecule has 1 aliphatic heterocycles. The van der Waals surface area contributed by atoms with Gasteiger partial charge < -0.3 is 14.6 Å². The number of rotatable bonds is 7. The second-order valence-corrected chi connectivity index (χ2v) is 11.6. The van der Waals surface area contributed by atoms with E-state index < -0.39 is 21.9 Å². The maximum Gasteiger partial charge on any atom is 0.304 e. The first-order chi connectivity index (χ1) is 18.6. The molecule has 1 N–H and O–H groups in total. The quantitative estimate of drug-likeness (QED) is 0.367. The van der Waals surface area contributed by atoms with Crippen LogP contribution in [-0.4, -0.2) is 63.5 Å². The van der Waals surface area contributed by atoms with Gasteiger partial charge in [0, 0.05) is 25.7 Å². The molecule has 0 spiro atoms. The average molecular weight is 552 g/mol. The number of ether oxygens (including phenoxy) is 2. The molecule has 0 saturated heterocycles. The van der Waals surface area contributed by atoms with Crippen LogP contribution in [-0.2, 0) is 28.4 Å². The summed E-state index contributed by atoms with van der Waals surface area (Å²) < 4.78 is 41.6. The average Bonchev–Trinajstić information content (AvgIpc) is 3.24. The molecular weight excluding hydrogens is 522 g/mol. The largest absolute Gasteiger partial charge is 0.494 e. The lowest BCUT2D eigenvalue weighted by Crippen LogP contribution is -2.35. The first-order valence-electron chi connectivity index (χ1n) is 12.4. The van der Waals surface area contributed by atoms with Crippen LogP contribution in [0, 0.1) is 6.92 Å². The number of carbonyl (C=O) groups is 1. The Morgan fingerprint density at radius 2 is 2.03 bits per heavy atom. The number of aliphatic carboxylic acids is 1. The van der Waals surface area contributed by atoms with Crippen molar-refractivity contribution in [3.05, 3.63) is 71.0 Å². The number of carboxylic acids is 1. The molecule has 1 unspecified atom stereocenters. The number of benzene rings is 2. The minimum atomic E-state index is -3.88. The van der Waals surface area contributed by atoms with Gasteiger partial charge in [-0.15, -0.1) is 5.10 Å². The summed E-state index contributed by atoms with van der Waals surface area (Å²) in [5.74, 6) is -0.685. The Balaban J connectivity index is 1.56. The van der Waals surface area contributed by atoms with Gasteiger partial charge >= 0.3 is 5.97 Å². The van der Waals surface area contributed by atoms with Crippen LogP contribution in [0.3, 0.4) is 0 Å². The molecule has 0 radical (unpaired) electrons. The maximum atomic E-state index is 13.6. The Hall–Kier alpha value is -4.03. The Bertz CT molecular complexity index is 1670. The highest BCUT2D eigenvalue weighted by molar-refractivity contribution is 7.89. The van der Waals surface area contributed by atoms with E-state index in [4.69, 9.17) is 9.47 Å². The van der Waals surface area contributed by atoms with E-state index >= 15 is 0 Å². The lowest BCUT2D eigenvalue weighted by molar-refractivity contribution is -0.137. The lowest BCUT2D eigenvalue weighted by atomic mass is 9.86. The summed E-state index contributed by atoms with van der Waals surface area (Å²) >= 11 is 0. The number of fused-ring (bicyclic) bond motifs is 2. The summed E-state index contributed by atoms with van der Waals surface area (Å²) in [5, 5.41) is 18.0. The van der Waals surface area contributed by atoms with Gasteiger partial charge in [0.25, 0.3) is 0 Å². The highest BCUT2D eigenvalue weighted by Crippen LogP contribution is 2.36. The number of aromatic nitrogens is 4. The molecule has 0 aliphatic carbocycles. The van der Waals surface area contributed by atoms with Crippen molar-refractivity contribution in [3.8, 4) is 11.5 Å². The van der Waals surface area contributed by atoms with Crippen molar-refractivity contribution in [3.63, 3.8) is 0 Å². The molecule has 4 aromatic rings. The lowest BCUT2D eigenvalue weighted by Gasteiger charge is -2.24. The topological polar surface area (TPSA) is 137 Å². The molecule has 204 valence electrons. The van der Waals surface area contributed by atoms with Gasteiger partial charge in [-0.25, -0.2) is 13.1 Å². The zero-order valence-corrected chi connectivity index (χ0v) is 22.8. The fraction of sp³-hybridized carbons (Fsp3) is 0.333. The second kappa shape index (κ2) is 10.3. The number of sulfonamides is 1. The molecule has 0 saturated carbocycles. The van der Waals surface area contributed by atoms with Crippen LogP contribution in [0.2, 0.25) is 0 Å². The van der Waals surface area contributed by atoms with E-state index in [-0.39, 0.29) is 36.3 Å². The molecule has 1 aliphatic rings. The maximum absolute atomic E-state index is 13.6. The third-order valence-corrected chi connectivity index (χ3v) is 8.78. The van der Waals surface area contributed by atoms with E-state index in [1.807, 2.05) is 38.1 Å². The SMILES string of the molecule is COc1cc(C(CC(=O)O)c2ccc(C)c(CN3C[C@@H](C)Oc4ccncc4S3(=O)=O)c2)cc2nnn(C)c12. The fourth-order valence-corrected chi connectivity index (χ4v) is 6.55. The first-order valence-corrected chi connectivity index (χ1v) is 13.8. The molecule has 2 atom stereocenters. The van der Waals surface area contributed by atoms with Gasteiger partial charge in [0.15, 0.2) is 0 Å². The van der Waals surface area contributed by atoms with Crippen molar-refractivity contribution in [1.82, 2.24) is 24.3 Å². The summed E-state index contributed by atoms with van der Waals surface area (Å²) in [7, 11) is -0.582. The summed E-state index contributed by atoms with van der Waals surface area (Å²) in [6, 6.07) is 10.8. The molecule has 5 rings (SSSR count). The van der Waals surface area contributed by atoms with Crippen molar-refractivity contribution >= 4 is 27.0 Å². The predicted molar refractivity (Wildman–Crippen MR) is 142 cm³/mol. The third kappa shape index (κ3) is 5.04. The zero-order chi connectivity index (χ0) is 27.9. The van der Waals surface area contributed by atoms with Crippen molar-refractivity contribution in [2.45, 2.75) is 43.7 Å². The standard InChI is InChI=1S/C27H29N5O6S/c1-16-5-6-18(21(12-26(33)34)19-10-22-27(24(11-19)37-4)31(3)30-29-22)9-20(16)15-32-14-17(2)38-23-7-8-28-13-25(23)39(32,35)36/h5-11,13,17,21H,12,14-15H2,1-4H3,(H,33,34)/t17-,21?/m1/s1. The number of carboxylic acid groups (broad SMARTS) is 1. The fourth-order valence-electron chi connectivity index (χ4n) is 4.99. The number of nitrogens with zero attached hydrogens (tertiary/aromatic N) is 5. The molecule has 0 fully saturated rings. The normalized spacial score (nSPS) is 17.7. The van der Waals surface area contributed by atoms with Crippen LogP contribution in [0.5, 0.6) is 11.5 Å². The number of hydrogen-bond acceptors (Lipinski definition) is 8. The van der Waals surface area contributed by atoms with Crippen LogP contribution in [0.4, 0.5) is 0 Å². The van der Waals surface area contributed by atoms with Crippen LogP contribution in [0.25, 0.3) is 11.0 Å². The van der Waals surface area contributed by atoms with E-state index in [9.17, 15) is 18.3 Å². The predicted octanol–water partition coefficient (Wildman–Crippen LogP) is 3.26. The minimum absolute atomic E-state index is 0.0243. The van der Waals surface area contributed by atoms with Crippen LogP contribution >= 0.6 is 0 Å². The number of aryl methyl sites for hydroxylation is 2. The summed E-state index contributed by atoms with van der Waals surface area (Å²) in [4.78, 5) is 16.0. The molecule has 12 heteroatoms. The summed E-state index contributed by atoms with van der Waals surface area (Å²) in [6.45, 7) is 3.97. The van der Waals surface area contributed by atoms with E-state index in [1.54, 1.807) is 31.0 Å². The Kier molecular flexibility index (Phi) is 7.00. The third-order valence-electron chi connectivity index (χ3n) is 6.96. The molecule has 39 heavy (non-hydrogen) atoms. The number of pyridine rings is 1. The zero-order valence-electron chi connectivity index (χ0n) is 22.0. The van der Waals surface area contributed by atoms with E-state index in [0.29, 0.717) is 22.3 Å². The van der Waals surface area contributed by atoms with Crippen molar-refractivity contribution in [2.24, 2.45) is 7.05 Å². The highest BCUT2D eigenvalue weighted by atomic mass is 32.2. The van der Waals surface area contributed by atoms with Crippen molar-refractivity contribution in [1.29, 1.82) is 0 Å². The molecule has 11 nitrogen and oxygen atoms in total. The minimum Gasteiger partial charge on any atom is -0.494 e. The van der Waals surface area contributed by atoms with E-state index in [0.717, 1.165) is 16.7 Å². The van der Waals surface area contributed by atoms with Gasteiger partial charge in [-0.3, -0.25) is 9.78 Å². The molecule has 0 bridgehead atoms. The summed E-state index contributed by atoms with van der Waals surface area (Å²) in [6.07, 6.45) is 2.25. The van der Waals surface area contributed by atoms with Gasteiger partial charge in [0.2, 0.25) is 10.0 Å². The number of hydrogen-bond donors (Lipinski definition) is 1. The van der Waals surface area contributed by atoms with E-state index in [1.165, 1.54) is 16.7 Å². The highest BCUT2D eigenvalue weighted by Gasteiger charge is 2.34. The first kappa shape index (κ1) is 26.6. The number of methoxy groups -OCH3 is 1. The Morgan fingerprint density at radius 1 is 1.23 bits per heavy atom. The molecule has 0 amide bonds. The van der Waals surface area contributed by atoms with Crippen LogP contribution in [0.1, 0.15) is 41.5 Å². The molecular formula is C27H29N5O6S. The molecule has 2 aromatic heterocycles. The van der Waals surface area contributed by atoms with Gasteiger partial charge in [-0.05, 0) is 54.3 Å². The van der Waals surface area contributed by atoms with Crippen molar-refractivity contribution < 1.29 is 27.8 Å². The van der Waals surface area contributed by atoms with Crippen LogP contribution in [0.15, 0.2) is 53.7 Å². The van der Waals surface area contributed by atoms with Crippen molar-refractivity contribution in [2.75, 3.05) is 13.7 Å². The Morgan fingerprint density at radius 3 is 2.77 bits per heavy atom. The molecule has 2 aromatic carbocycles. The van der Waals surface area contributed by atoms with Gasteiger partial charge in [-0.1, -0.05) is 23.4 Å². The van der Waals surface area contributed by atoms with Crippen LogP contribution < -0.4 is 9.47 Å². The summed E-state index contributed by atoms with van der Waals surface area (Å²) in [5.41, 5.74) is 4.39.